The van der Waals surface area contributed by atoms with Crippen LogP contribution in [0.3, 0.4) is 0 Å². The number of carbonyl (C=O) groups is 1. The molecule has 0 unspecified atom stereocenters. The number of amides is 1. The van der Waals surface area contributed by atoms with E-state index in [-0.39, 0.29) is 5.91 Å². The summed E-state index contributed by atoms with van der Waals surface area (Å²) in [7, 11) is 2.32. The number of benzene rings is 1. The molecule has 3 aliphatic rings. The van der Waals surface area contributed by atoms with Crippen LogP contribution in [0.2, 0.25) is 0 Å². The molecular formula is C18H22N3O+. The Hall–Kier alpha value is -1.94. The predicted molar refractivity (Wildman–Crippen MR) is 86.6 cm³/mol. The molecule has 2 bridgehead atoms. The van der Waals surface area contributed by atoms with Gasteiger partial charge in [0.2, 0.25) is 0 Å². The van der Waals surface area contributed by atoms with Crippen molar-refractivity contribution in [1.82, 2.24) is 9.88 Å². The third kappa shape index (κ3) is 2.28. The van der Waals surface area contributed by atoms with Gasteiger partial charge in [0.25, 0.3) is 5.91 Å². The van der Waals surface area contributed by atoms with Crippen LogP contribution in [0.4, 0.5) is 0 Å². The first-order valence-corrected chi connectivity index (χ1v) is 8.14. The van der Waals surface area contributed by atoms with Crippen LogP contribution < -0.4 is 0 Å². The summed E-state index contributed by atoms with van der Waals surface area (Å²) in [4.78, 5) is 19.5. The SMILES string of the molecule is C[N+]12CCC(CC1)N(C(=O)c1ccc3cccnc3c1)CC2. The Morgan fingerprint density at radius 1 is 1.23 bits per heavy atom. The van der Waals surface area contributed by atoms with Crippen molar-refractivity contribution in [2.24, 2.45) is 0 Å². The highest BCUT2D eigenvalue weighted by Crippen LogP contribution is 2.27. The lowest BCUT2D eigenvalue weighted by Gasteiger charge is -2.36. The fourth-order valence-electron chi connectivity index (χ4n) is 3.88. The van der Waals surface area contributed by atoms with Crippen LogP contribution in [0.25, 0.3) is 10.9 Å². The second-order valence-electron chi connectivity index (χ2n) is 6.93. The van der Waals surface area contributed by atoms with Gasteiger partial charge in [-0.15, -0.1) is 0 Å². The molecule has 114 valence electrons. The summed E-state index contributed by atoms with van der Waals surface area (Å²) in [6, 6.07) is 10.3. The van der Waals surface area contributed by atoms with Crippen molar-refractivity contribution in [3.63, 3.8) is 0 Å². The van der Waals surface area contributed by atoms with Gasteiger partial charge in [-0.2, -0.15) is 0 Å². The summed E-state index contributed by atoms with van der Waals surface area (Å²) in [6.45, 7) is 4.36. The van der Waals surface area contributed by atoms with E-state index in [9.17, 15) is 4.79 Å². The predicted octanol–water partition coefficient (Wildman–Crippen LogP) is 2.30. The smallest absolute Gasteiger partial charge is 0.254 e. The zero-order valence-electron chi connectivity index (χ0n) is 13.0. The fourth-order valence-corrected chi connectivity index (χ4v) is 3.88. The number of fused-ring (bicyclic) bond motifs is 5. The minimum Gasteiger partial charge on any atom is -0.330 e. The fraction of sp³-hybridized carbons (Fsp3) is 0.444. The van der Waals surface area contributed by atoms with E-state index in [4.69, 9.17) is 0 Å². The highest BCUT2D eigenvalue weighted by molar-refractivity contribution is 5.98. The van der Waals surface area contributed by atoms with E-state index in [0.29, 0.717) is 6.04 Å². The average Bonchev–Trinajstić information content (AvgIpc) is 2.82. The molecule has 3 aliphatic heterocycles. The van der Waals surface area contributed by atoms with Gasteiger partial charge in [0.15, 0.2) is 0 Å². The molecule has 1 aromatic carbocycles. The van der Waals surface area contributed by atoms with E-state index in [0.717, 1.165) is 46.9 Å². The molecule has 22 heavy (non-hydrogen) atoms. The molecule has 0 aliphatic carbocycles. The van der Waals surface area contributed by atoms with Crippen molar-refractivity contribution in [2.45, 2.75) is 18.9 Å². The van der Waals surface area contributed by atoms with E-state index >= 15 is 0 Å². The number of carbonyl (C=O) groups excluding carboxylic acids is 1. The van der Waals surface area contributed by atoms with E-state index < -0.39 is 0 Å². The van der Waals surface area contributed by atoms with E-state index in [1.54, 1.807) is 6.20 Å². The number of hydrogen-bond acceptors (Lipinski definition) is 2. The van der Waals surface area contributed by atoms with Crippen LogP contribution >= 0.6 is 0 Å². The normalized spacial score (nSPS) is 27.9. The monoisotopic (exact) mass is 296 g/mol. The summed E-state index contributed by atoms with van der Waals surface area (Å²) in [5.74, 6) is 0.174. The summed E-state index contributed by atoms with van der Waals surface area (Å²) in [5.41, 5.74) is 1.67. The first-order chi connectivity index (χ1) is 10.6. The molecule has 4 heterocycles. The maximum absolute atomic E-state index is 13.0. The molecule has 1 aromatic heterocycles. The lowest BCUT2D eigenvalue weighted by molar-refractivity contribution is -0.910. The molecule has 0 saturated carbocycles. The van der Waals surface area contributed by atoms with Gasteiger partial charge in [0, 0.05) is 36.0 Å². The summed E-state index contributed by atoms with van der Waals surface area (Å²) >= 11 is 0. The Morgan fingerprint density at radius 2 is 2.05 bits per heavy atom. The molecule has 0 spiro atoms. The van der Waals surface area contributed by atoms with Crippen LogP contribution in [0.1, 0.15) is 23.2 Å². The number of rotatable bonds is 1. The van der Waals surface area contributed by atoms with Crippen LogP contribution in [-0.4, -0.2) is 59.5 Å². The van der Waals surface area contributed by atoms with Crippen LogP contribution in [0, 0.1) is 0 Å². The lowest BCUT2D eigenvalue weighted by Crippen LogP contribution is -2.49. The highest BCUT2D eigenvalue weighted by Gasteiger charge is 2.39. The molecule has 1 amide bonds. The number of likely N-dealkylation sites (N-methyl/N-ethyl adjacent to an activating group) is 1. The molecule has 4 nitrogen and oxygen atoms in total. The molecule has 3 fully saturated rings. The van der Waals surface area contributed by atoms with Crippen molar-refractivity contribution in [1.29, 1.82) is 0 Å². The summed E-state index contributed by atoms with van der Waals surface area (Å²) < 4.78 is 1.12. The van der Waals surface area contributed by atoms with Gasteiger partial charge in [-0.3, -0.25) is 9.78 Å². The van der Waals surface area contributed by atoms with Gasteiger partial charge in [0.1, 0.15) is 0 Å². The second kappa shape index (κ2) is 5.06. The first kappa shape index (κ1) is 13.7. The third-order valence-corrected chi connectivity index (χ3v) is 5.44. The number of quaternary nitrogens is 1. The molecular weight excluding hydrogens is 274 g/mol. The van der Waals surface area contributed by atoms with Crippen molar-refractivity contribution in [3.8, 4) is 0 Å². The molecule has 3 saturated heterocycles. The van der Waals surface area contributed by atoms with Crippen LogP contribution in [0.5, 0.6) is 0 Å². The number of piperidine rings is 1. The van der Waals surface area contributed by atoms with E-state index in [1.807, 2.05) is 30.3 Å². The molecule has 0 N–H and O–H groups in total. The minimum absolute atomic E-state index is 0.174. The van der Waals surface area contributed by atoms with Gasteiger partial charge in [0.05, 0.1) is 38.7 Å². The summed E-state index contributed by atoms with van der Waals surface area (Å²) in [5, 5.41) is 1.08. The Morgan fingerprint density at radius 3 is 2.86 bits per heavy atom. The van der Waals surface area contributed by atoms with Crippen LogP contribution in [-0.2, 0) is 0 Å². The van der Waals surface area contributed by atoms with E-state index in [2.05, 4.69) is 16.9 Å². The number of nitrogens with zero attached hydrogens (tertiary/aromatic N) is 3. The second-order valence-corrected chi connectivity index (χ2v) is 6.93. The maximum atomic E-state index is 13.0. The van der Waals surface area contributed by atoms with Gasteiger partial charge in [-0.25, -0.2) is 0 Å². The molecule has 4 heteroatoms. The first-order valence-electron chi connectivity index (χ1n) is 8.14. The Kier molecular flexibility index (Phi) is 3.15. The largest absolute Gasteiger partial charge is 0.330 e. The summed E-state index contributed by atoms with van der Waals surface area (Å²) in [6.07, 6.45) is 4.05. The average molecular weight is 296 g/mol. The Balaban J connectivity index is 1.65. The van der Waals surface area contributed by atoms with Crippen molar-refractivity contribution < 1.29 is 9.28 Å². The van der Waals surface area contributed by atoms with Gasteiger partial charge in [-0.1, -0.05) is 12.1 Å². The van der Waals surface area contributed by atoms with Crippen molar-refractivity contribution in [3.05, 3.63) is 42.1 Å². The Labute approximate surface area is 130 Å². The third-order valence-electron chi connectivity index (χ3n) is 5.44. The van der Waals surface area contributed by atoms with Crippen molar-refractivity contribution >= 4 is 16.8 Å². The van der Waals surface area contributed by atoms with Crippen LogP contribution in [0.15, 0.2) is 36.5 Å². The zero-order valence-corrected chi connectivity index (χ0v) is 13.0. The zero-order chi connectivity index (χ0) is 15.2. The number of hydrogen-bond donors (Lipinski definition) is 0. The quantitative estimate of drug-likeness (QED) is 0.757. The number of pyridine rings is 1. The molecule has 0 radical (unpaired) electrons. The van der Waals surface area contributed by atoms with Gasteiger partial charge < -0.3 is 9.38 Å². The van der Waals surface area contributed by atoms with Gasteiger partial charge >= 0.3 is 0 Å². The standard InChI is InChI=1S/C18H22N3O/c1-21-10-6-16(7-11-21)20(9-12-21)18(22)15-5-4-14-3-2-8-19-17(14)13-15/h2-5,8,13,16H,6-7,9-12H2,1H3/q+1. The number of aromatic nitrogens is 1. The topological polar surface area (TPSA) is 33.2 Å². The highest BCUT2D eigenvalue weighted by atomic mass is 16.2. The maximum Gasteiger partial charge on any atom is 0.254 e. The Bertz CT molecular complexity index is 719. The van der Waals surface area contributed by atoms with E-state index in [1.165, 1.54) is 13.1 Å². The molecule has 2 aromatic rings. The lowest BCUT2D eigenvalue weighted by atomic mass is 10.0. The van der Waals surface area contributed by atoms with Gasteiger partial charge in [-0.05, 0) is 18.2 Å². The minimum atomic E-state index is 0.174. The van der Waals surface area contributed by atoms with Crippen molar-refractivity contribution in [2.75, 3.05) is 33.2 Å². The molecule has 5 rings (SSSR count). The molecule has 0 atom stereocenters.